The molecule has 0 bridgehead atoms. The Morgan fingerprint density at radius 1 is 1.16 bits per heavy atom. The van der Waals surface area contributed by atoms with Crippen molar-refractivity contribution in [2.75, 3.05) is 6.79 Å². The number of carbonyl (C=O) groups excluding carboxylic acids is 1. The minimum absolute atomic E-state index is 0.0650. The lowest BCUT2D eigenvalue weighted by Crippen LogP contribution is -2.25. The van der Waals surface area contributed by atoms with Crippen molar-refractivity contribution in [3.63, 3.8) is 0 Å². The summed E-state index contributed by atoms with van der Waals surface area (Å²) in [6, 6.07) is 15.5. The second-order valence-electron chi connectivity index (χ2n) is 5.70. The second kappa shape index (κ2) is 6.57. The molecule has 0 spiro atoms. The van der Waals surface area contributed by atoms with E-state index >= 15 is 0 Å². The number of hydrogen-bond donors (Lipinski definition) is 1. The molecule has 5 nitrogen and oxygen atoms in total. The molecule has 1 N–H and O–H groups in total. The van der Waals surface area contributed by atoms with Crippen molar-refractivity contribution in [3.8, 4) is 22.1 Å². The summed E-state index contributed by atoms with van der Waals surface area (Å²) < 4.78 is 10.7. The lowest BCUT2D eigenvalue weighted by Gasteiger charge is -2.13. The first kappa shape index (κ1) is 15.7. The van der Waals surface area contributed by atoms with E-state index in [1.54, 1.807) is 6.20 Å². The molecule has 126 valence electrons. The molecule has 4 rings (SSSR count). The van der Waals surface area contributed by atoms with Gasteiger partial charge in [0.2, 0.25) is 6.79 Å². The zero-order valence-corrected chi connectivity index (χ0v) is 14.4. The van der Waals surface area contributed by atoms with Gasteiger partial charge in [0, 0.05) is 5.56 Å². The van der Waals surface area contributed by atoms with Gasteiger partial charge in [-0.1, -0.05) is 30.3 Å². The third-order valence-corrected chi connectivity index (χ3v) is 5.04. The lowest BCUT2D eigenvalue weighted by molar-refractivity contribution is 0.0944. The summed E-state index contributed by atoms with van der Waals surface area (Å²) in [4.78, 5) is 17.4. The average molecular weight is 352 g/mol. The maximum atomic E-state index is 12.5. The van der Waals surface area contributed by atoms with Gasteiger partial charge >= 0.3 is 0 Å². The van der Waals surface area contributed by atoms with Gasteiger partial charge in [-0.25, -0.2) is 4.98 Å². The van der Waals surface area contributed by atoms with Gasteiger partial charge in [0.15, 0.2) is 11.5 Å². The summed E-state index contributed by atoms with van der Waals surface area (Å²) >= 11 is 1.36. The number of nitrogens with one attached hydrogen (secondary N) is 1. The molecule has 0 saturated carbocycles. The van der Waals surface area contributed by atoms with Crippen LogP contribution in [0.1, 0.15) is 28.2 Å². The van der Waals surface area contributed by atoms with Crippen molar-refractivity contribution < 1.29 is 14.3 Å². The van der Waals surface area contributed by atoms with Crippen LogP contribution in [0.2, 0.25) is 0 Å². The van der Waals surface area contributed by atoms with Crippen molar-refractivity contribution >= 4 is 17.2 Å². The van der Waals surface area contributed by atoms with Crippen LogP contribution in [0.3, 0.4) is 0 Å². The van der Waals surface area contributed by atoms with E-state index in [1.807, 2.05) is 55.5 Å². The largest absolute Gasteiger partial charge is 0.454 e. The summed E-state index contributed by atoms with van der Waals surface area (Å²) in [6.45, 7) is 2.20. The molecule has 2 heterocycles. The third kappa shape index (κ3) is 3.21. The molecule has 0 aliphatic carbocycles. The quantitative estimate of drug-likeness (QED) is 0.770. The first-order valence-electron chi connectivity index (χ1n) is 7.92. The zero-order valence-electron chi connectivity index (χ0n) is 13.6. The van der Waals surface area contributed by atoms with Crippen molar-refractivity contribution in [1.29, 1.82) is 0 Å². The van der Waals surface area contributed by atoms with Gasteiger partial charge in [-0.15, -0.1) is 11.3 Å². The Morgan fingerprint density at radius 2 is 1.96 bits per heavy atom. The summed E-state index contributed by atoms with van der Waals surface area (Å²) in [7, 11) is 0. The van der Waals surface area contributed by atoms with Crippen LogP contribution in [0.5, 0.6) is 11.5 Å². The van der Waals surface area contributed by atoms with Gasteiger partial charge in [0.05, 0.1) is 12.2 Å². The van der Waals surface area contributed by atoms with E-state index in [-0.39, 0.29) is 18.7 Å². The highest BCUT2D eigenvalue weighted by molar-refractivity contribution is 7.16. The van der Waals surface area contributed by atoms with Crippen LogP contribution in [-0.2, 0) is 0 Å². The number of carbonyl (C=O) groups is 1. The molecule has 25 heavy (non-hydrogen) atoms. The van der Waals surface area contributed by atoms with Gasteiger partial charge in [0.25, 0.3) is 5.91 Å². The number of rotatable bonds is 4. The van der Waals surface area contributed by atoms with Gasteiger partial charge in [-0.05, 0) is 30.7 Å². The summed E-state index contributed by atoms with van der Waals surface area (Å²) in [5.74, 6) is 1.31. The fourth-order valence-corrected chi connectivity index (χ4v) is 3.45. The van der Waals surface area contributed by atoms with Crippen molar-refractivity contribution in [2.45, 2.75) is 13.0 Å². The number of thiazole rings is 1. The van der Waals surface area contributed by atoms with Gasteiger partial charge in [-0.2, -0.15) is 0 Å². The Bertz CT molecular complexity index is 908. The van der Waals surface area contributed by atoms with Gasteiger partial charge < -0.3 is 14.8 Å². The van der Waals surface area contributed by atoms with E-state index in [1.165, 1.54) is 11.3 Å². The first-order valence-corrected chi connectivity index (χ1v) is 8.74. The zero-order chi connectivity index (χ0) is 17.2. The van der Waals surface area contributed by atoms with Crippen molar-refractivity contribution in [3.05, 3.63) is 65.2 Å². The topological polar surface area (TPSA) is 60.5 Å². The van der Waals surface area contributed by atoms with E-state index in [4.69, 9.17) is 9.47 Å². The minimum Gasteiger partial charge on any atom is -0.454 e. The van der Waals surface area contributed by atoms with E-state index in [2.05, 4.69) is 10.3 Å². The Hall–Kier alpha value is -2.86. The molecule has 0 radical (unpaired) electrons. The standard InChI is InChI=1S/C19H16N2O3S/c1-12(13-5-3-2-4-6-13)21-18(22)17-10-20-19(25-17)14-7-8-15-16(9-14)24-11-23-15/h2-10,12H,11H2,1H3,(H,21,22)/t12-/m1/s1. The van der Waals surface area contributed by atoms with Gasteiger partial charge in [-0.3, -0.25) is 4.79 Å². The van der Waals surface area contributed by atoms with Crippen LogP contribution in [0, 0.1) is 0 Å². The molecule has 0 fully saturated rings. The maximum Gasteiger partial charge on any atom is 0.263 e. The molecule has 1 aromatic heterocycles. The van der Waals surface area contributed by atoms with E-state index in [0.29, 0.717) is 10.6 Å². The monoisotopic (exact) mass is 352 g/mol. The van der Waals surface area contributed by atoms with Crippen molar-refractivity contribution in [2.24, 2.45) is 0 Å². The predicted octanol–water partition coefficient (Wildman–Crippen LogP) is 4.03. The molecule has 1 amide bonds. The molecule has 1 aliphatic heterocycles. The highest BCUT2D eigenvalue weighted by atomic mass is 32.1. The second-order valence-corrected chi connectivity index (χ2v) is 6.73. The molecule has 0 saturated heterocycles. The van der Waals surface area contributed by atoms with Crippen LogP contribution >= 0.6 is 11.3 Å². The Kier molecular flexibility index (Phi) is 4.11. The number of nitrogens with zero attached hydrogens (tertiary/aromatic N) is 1. The summed E-state index contributed by atoms with van der Waals surface area (Å²) in [6.07, 6.45) is 1.61. The van der Waals surface area contributed by atoms with Crippen LogP contribution in [-0.4, -0.2) is 17.7 Å². The normalized spacial score (nSPS) is 13.5. The number of amides is 1. The Labute approximate surface area is 149 Å². The van der Waals surface area contributed by atoms with Crippen LogP contribution in [0.4, 0.5) is 0 Å². The molecule has 0 unspecified atom stereocenters. The average Bonchev–Trinajstić information content (AvgIpc) is 3.31. The van der Waals surface area contributed by atoms with Crippen molar-refractivity contribution in [1.82, 2.24) is 10.3 Å². The number of ether oxygens (including phenoxy) is 2. The Balaban J connectivity index is 1.50. The third-order valence-electron chi connectivity index (χ3n) is 4.00. The molecule has 1 aliphatic rings. The maximum absolute atomic E-state index is 12.5. The SMILES string of the molecule is C[C@@H](NC(=O)c1cnc(-c2ccc3c(c2)OCO3)s1)c1ccccc1. The highest BCUT2D eigenvalue weighted by Gasteiger charge is 2.18. The Morgan fingerprint density at radius 3 is 2.80 bits per heavy atom. The van der Waals surface area contributed by atoms with Crippen LogP contribution in [0.25, 0.3) is 10.6 Å². The number of hydrogen-bond acceptors (Lipinski definition) is 5. The molecular weight excluding hydrogens is 336 g/mol. The molecule has 3 aromatic rings. The van der Waals surface area contributed by atoms with E-state index in [9.17, 15) is 4.79 Å². The smallest absolute Gasteiger partial charge is 0.263 e. The fraction of sp³-hybridized carbons (Fsp3) is 0.158. The first-order chi connectivity index (χ1) is 12.2. The lowest BCUT2D eigenvalue weighted by atomic mass is 10.1. The minimum atomic E-state index is -0.124. The highest BCUT2D eigenvalue weighted by Crippen LogP contribution is 2.37. The molecule has 6 heteroatoms. The molecule has 1 atom stereocenters. The number of benzene rings is 2. The van der Waals surface area contributed by atoms with Crippen LogP contribution < -0.4 is 14.8 Å². The fourth-order valence-electron chi connectivity index (χ4n) is 2.63. The number of aromatic nitrogens is 1. The molecular formula is C19H16N2O3S. The summed E-state index contributed by atoms with van der Waals surface area (Å²) in [5.41, 5.74) is 1.97. The summed E-state index contributed by atoms with van der Waals surface area (Å²) in [5, 5.41) is 3.78. The van der Waals surface area contributed by atoms with E-state index < -0.39 is 0 Å². The molecule has 2 aromatic carbocycles. The predicted molar refractivity (Wildman–Crippen MR) is 96.0 cm³/mol. The number of fused-ring (bicyclic) bond motifs is 1. The van der Waals surface area contributed by atoms with Gasteiger partial charge in [0.1, 0.15) is 9.88 Å². The van der Waals surface area contributed by atoms with E-state index in [0.717, 1.165) is 21.9 Å². The van der Waals surface area contributed by atoms with Crippen LogP contribution in [0.15, 0.2) is 54.7 Å².